The predicted molar refractivity (Wildman–Crippen MR) is 270 cm³/mol. The summed E-state index contributed by atoms with van der Waals surface area (Å²) in [6.07, 6.45) is 64.6. The Kier molecular flexibility index (Phi) is 48.9. The van der Waals surface area contributed by atoms with Crippen LogP contribution >= 0.6 is 0 Å². The third-order valence-electron chi connectivity index (χ3n) is 11.3. The Bertz CT molecular complexity index is 1190. The van der Waals surface area contributed by atoms with Gasteiger partial charge >= 0.3 is 17.9 Å². The van der Waals surface area contributed by atoms with Crippen LogP contribution in [0.25, 0.3) is 0 Å². The first-order valence-corrected chi connectivity index (χ1v) is 26.5. The van der Waals surface area contributed by atoms with Crippen LogP contribution in [0.3, 0.4) is 0 Å². The Morgan fingerprint density at radius 2 is 0.698 bits per heavy atom. The van der Waals surface area contributed by atoms with Crippen molar-refractivity contribution in [3.05, 3.63) is 72.9 Å². The molecule has 0 aromatic heterocycles. The highest BCUT2D eigenvalue weighted by molar-refractivity contribution is 5.71. The predicted octanol–water partition coefficient (Wildman–Crippen LogP) is 17.4. The molecule has 0 radical (unpaired) electrons. The van der Waals surface area contributed by atoms with E-state index in [0.717, 1.165) is 109 Å². The van der Waals surface area contributed by atoms with Crippen LogP contribution in [0, 0.1) is 0 Å². The number of rotatable bonds is 47. The van der Waals surface area contributed by atoms with E-state index in [-0.39, 0.29) is 31.1 Å². The minimum Gasteiger partial charge on any atom is -0.462 e. The number of esters is 3. The molecule has 0 saturated carbocycles. The first kappa shape index (κ1) is 59.9. The van der Waals surface area contributed by atoms with E-state index in [1.807, 2.05) is 0 Å². The van der Waals surface area contributed by atoms with Crippen LogP contribution in [0.5, 0.6) is 0 Å². The third kappa shape index (κ3) is 49.7. The summed E-state index contributed by atoms with van der Waals surface area (Å²) in [5.74, 6) is -0.914. The van der Waals surface area contributed by atoms with Gasteiger partial charge in [0.15, 0.2) is 6.10 Å². The number of ether oxygens (including phenoxy) is 3. The van der Waals surface area contributed by atoms with E-state index in [1.54, 1.807) is 0 Å². The van der Waals surface area contributed by atoms with Crippen LogP contribution in [0.15, 0.2) is 72.9 Å². The Balaban J connectivity index is 4.41. The number of allylic oxidation sites excluding steroid dienone is 12. The lowest BCUT2D eigenvalue weighted by Crippen LogP contribution is -2.30. The fourth-order valence-electron chi connectivity index (χ4n) is 7.34. The van der Waals surface area contributed by atoms with Crippen molar-refractivity contribution in [3.63, 3.8) is 0 Å². The third-order valence-corrected chi connectivity index (χ3v) is 11.3. The van der Waals surface area contributed by atoms with Gasteiger partial charge in [-0.2, -0.15) is 0 Å². The largest absolute Gasteiger partial charge is 0.462 e. The second-order valence-corrected chi connectivity index (χ2v) is 17.4. The Hall–Kier alpha value is -3.15. The van der Waals surface area contributed by atoms with Crippen molar-refractivity contribution in [2.24, 2.45) is 0 Å². The molecule has 0 rings (SSSR count). The summed E-state index contributed by atoms with van der Waals surface area (Å²) in [5, 5.41) is 0. The molecule has 1 unspecified atom stereocenters. The van der Waals surface area contributed by atoms with E-state index in [4.69, 9.17) is 14.2 Å². The fourth-order valence-corrected chi connectivity index (χ4v) is 7.34. The molecular formula is C57H98O6. The van der Waals surface area contributed by atoms with Gasteiger partial charge in [0.1, 0.15) is 13.2 Å². The molecule has 0 saturated heterocycles. The molecule has 6 heteroatoms. The zero-order valence-corrected chi connectivity index (χ0v) is 41.3. The second kappa shape index (κ2) is 51.5. The van der Waals surface area contributed by atoms with Gasteiger partial charge in [-0.25, -0.2) is 0 Å². The number of hydrogen-bond donors (Lipinski definition) is 0. The number of carbonyl (C=O) groups excluding carboxylic acids is 3. The molecule has 0 aromatic rings. The van der Waals surface area contributed by atoms with Gasteiger partial charge in [-0.05, 0) is 70.6 Å². The maximum atomic E-state index is 12.8. The quantitative estimate of drug-likeness (QED) is 0.0199. The SMILES string of the molecule is CC\C=C/C=C\C=C/CCCCCCCC(=O)OCC(COC(=O)CCCCCCCC/C=C\C/C=C\C/C=C\CC)OC(=O)CCCCCCCCCCCCCCCCCC. The van der Waals surface area contributed by atoms with E-state index in [0.29, 0.717) is 19.3 Å². The second-order valence-electron chi connectivity index (χ2n) is 17.4. The molecular weight excluding hydrogens is 781 g/mol. The van der Waals surface area contributed by atoms with E-state index >= 15 is 0 Å². The van der Waals surface area contributed by atoms with Gasteiger partial charge in [0.25, 0.3) is 0 Å². The van der Waals surface area contributed by atoms with E-state index in [1.165, 1.54) is 103 Å². The van der Waals surface area contributed by atoms with Gasteiger partial charge in [0.2, 0.25) is 0 Å². The highest BCUT2D eigenvalue weighted by Crippen LogP contribution is 2.16. The maximum Gasteiger partial charge on any atom is 0.306 e. The molecule has 6 nitrogen and oxygen atoms in total. The smallest absolute Gasteiger partial charge is 0.306 e. The van der Waals surface area contributed by atoms with Crippen molar-refractivity contribution < 1.29 is 28.6 Å². The van der Waals surface area contributed by atoms with E-state index < -0.39 is 6.10 Å². The summed E-state index contributed by atoms with van der Waals surface area (Å²) in [5.41, 5.74) is 0. The van der Waals surface area contributed by atoms with E-state index in [9.17, 15) is 14.4 Å². The lowest BCUT2D eigenvalue weighted by atomic mass is 10.0. The van der Waals surface area contributed by atoms with Gasteiger partial charge in [-0.3, -0.25) is 14.4 Å². The summed E-state index contributed by atoms with van der Waals surface area (Å²) >= 11 is 0. The van der Waals surface area contributed by atoms with Crippen LogP contribution in [0.4, 0.5) is 0 Å². The summed E-state index contributed by atoms with van der Waals surface area (Å²) in [4.78, 5) is 38.0. The summed E-state index contributed by atoms with van der Waals surface area (Å²) in [7, 11) is 0. The molecule has 63 heavy (non-hydrogen) atoms. The summed E-state index contributed by atoms with van der Waals surface area (Å²) in [6, 6.07) is 0. The summed E-state index contributed by atoms with van der Waals surface area (Å²) < 4.78 is 16.8. The highest BCUT2D eigenvalue weighted by Gasteiger charge is 2.19. The first-order chi connectivity index (χ1) is 31.0. The minimum atomic E-state index is -0.787. The van der Waals surface area contributed by atoms with Crippen molar-refractivity contribution in [2.45, 2.75) is 258 Å². The Morgan fingerprint density at radius 1 is 0.349 bits per heavy atom. The van der Waals surface area contributed by atoms with Crippen molar-refractivity contribution in [1.29, 1.82) is 0 Å². The number of carbonyl (C=O) groups is 3. The molecule has 0 aliphatic rings. The van der Waals surface area contributed by atoms with Crippen LogP contribution in [0.1, 0.15) is 252 Å². The molecule has 0 aliphatic heterocycles. The molecule has 0 spiro atoms. The van der Waals surface area contributed by atoms with Gasteiger partial charge in [0.05, 0.1) is 0 Å². The highest BCUT2D eigenvalue weighted by atomic mass is 16.6. The average molecular weight is 879 g/mol. The van der Waals surface area contributed by atoms with Crippen LogP contribution in [0.2, 0.25) is 0 Å². The van der Waals surface area contributed by atoms with E-state index in [2.05, 4.69) is 93.7 Å². The van der Waals surface area contributed by atoms with Gasteiger partial charge in [-0.1, -0.05) is 235 Å². The number of unbranched alkanes of at least 4 members (excludes halogenated alkanes) is 26. The Labute approximate surface area is 389 Å². The summed E-state index contributed by atoms with van der Waals surface area (Å²) in [6.45, 7) is 6.38. The zero-order valence-electron chi connectivity index (χ0n) is 41.3. The van der Waals surface area contributed by atoms with Crippen LogP contribution in [-0.4, -0.2) is 37.2 Å². The molecule has 0 fully saturated rings. The van der Waals surface area contributed by atoms with Crippen molar-refractivity contribution in [1.82, 2.24) is 0 Å². The molecule has 0 aromatic carbocycles. The van der Waals surface area contributed by atoms with Gasteiger partial charge < -0.3 is 14.2 Å². The maximum absolute atomic E-state index is 12.8. The van der Waals surface area contributed by atoms with Crippen molar-refractivity contribution in [3.8, 4) is 0 Å². The normalized spacial score (nSPS) is 12.6. The standard InChI is InChI=1S/C57H98O6/c1-4-7-10-13-16-19-22-25-27-29-32-35-38-41-44-47-50-56(59)62-53-54(52-61-55(58)49-46-43-40-37-34-31-24-21-18-15-12-9-6-3)63-57(60)51-48-45-42-39-36-33-30-28-26-23-20-17-14-11-8-5-2/h7,9-10,12,15-16,18-19,21,24-25,27,54H,4-6,8,11,13-14,17,20,22-23,26,28-53H2,1-3H3/b10-7-,12-9-,18-15-,19-16-,24-21-,27-25-. The molecule has 362 valence electrons. The van der Waals surface area contributed by atoms with Gasteiger partial charge in [-0.15, -0.1) is 0 Å². The average Bonchev–Trinajstić information content (AvgIpc) is 3.28. The fraction of sp³-hybridized carbons (Fsp3) is 0.737. The molecule has 0 bridgehead atoms. The minimum absolute atomic E-state index is 0.0876. The van der Waals surface area contributed by atoms with Crippen LogP contribution < -0.4 is 0 Å². The lowest BCUT2D eigenvalue weighted by Gasteiger charge is -2.18. The molecule has 0 heterocycles. The van der Waals surface area contributed by atoms with Crippen molar-refractivity contribution >= 4 is 17.9 Å². The Morgan fingerprint density at radius 3 is 1.14 bits per heavy atom. The molecule has 0 N–H and O–H groups in total. The monoisotopic (exact) mass is 879 g/mol. The van der Waals surface area contributed by atoms with Crippen molar-refractivity contribution in [2.75, 3.05) is 13.2 Å². The van der Waals surface area contributed by atoms with Gasteiger partial charge in [0, 0.05) is 19.3 Å². The zero-order chi connectivity index (χ0) is 45.8. The van der Waals surface area contributed by atoms with Crippen LogP contribution in [-0.2, 0) is 28.6 Å². The lowest BCUT2D eigenvalue weighted by molar-refractivity contribution is -0.167. The molecule has 1 atom stereocenters. The first-order valence-electron chi connectivity index (χ1n) is 26.5. The molecule has 0 aliphatic carbocycles. The molecule has 0 amide bonds. The number of hydrogen-bond acceptors (Lipinski definition) is 6. The topological polar surface area (TPSA) is 78.9 Å².